The lowest BCUT2D eigenvalue weighted by Crippen LogP contribution is -2.53. The SMILES string of the molecule is COc1ncc(C(=O)NC(C)(C)C(N)=O)c(NCC(C(=N)c2ccc(Cl)cc2)c2ccccc2)n1. The Labute approximate surface area is 208 Å². The van der Waals surface area contributed by atoms with E-state index in [0.29, 0.717) is 16.3 Å². The number of benzene rings is 2. The highest BCUT2D eigenvalue weighted by Gasteiger charge is 2.29. The van der Waals surface area contributed by atoms with Crippen molar-refractivity contribution in [3.63, 3.8) is 0 Å². The van der Waals surface area contributed by atoms with Gasteiger partial charge in [-0.25, -0.2) is 4.98 Å². The van der Waals surface area contributed by atoms with E-state index in [1.807, 2.05) is 30.3 Å². The fourth-order valence-corrected chi connectivity index (χ4v) is 3.40. The molecule has 35 heavy (non-hydrogen) atoms. The second kappa shape index (κ2) is 11.0. The minimum absolute atomic E-state index is 0.0576. The van der Waals surface area contributed by atoms with Crippen LogP contribution in [0, 0.1) is 5.41 Å². The van der Waals surface area contributed by atoms with Crippen LogP contribution in [0.2, 0.25) is 5.02 Å². The molecular weight excluding hydrogens is 468 g/mol. The highest BCUT2D eigenvalue weighted by Crippen LogP contribution is 2.24. The summed E-state index contributed by atoms with van der Waals surface area (Å²) < 4.78 is 5.13. The third kappa shape index (κ3) is 6.33. The average Bonchev–Trinajstić information content (AvgIpc) is 2.84. The Morgan fingerprint density at radius 1 is 1.14 bits per heavy atom. The van der Waals surface area contributed by atoms with Gasteiger partial charge in [0.25, 0.3) is 5.91 Å². The molecule has 1 aromatic heterocycles. The molecule has 0 bridgehead atoms. The second-order valence-corrected chi connectivity index (χ2v) is 8.76. The fourth-order valence-electron chi connectivity index (χ4n) is 3.28. The van der Waals surface area contributed by atoms with Gasteiger partial charge in [0.15, 0.2) is 0 Å². The molecular formula is C25H27ClN6O3. The molecule has 0 aliphatic heterocycles. The molecule has 0 spiro atoms. The number of hydrogen-bond donors (Lipinski definition) is 4. The normalized spacial score (nSPS) is 11.9. The number of rotatable bonds is 10. The third-order valence-electron chi connectivity index (χ3n) is 5.42. The number of nitrogens with one attached hydrogen (secondary N) is 3. The van der Waals surface area contributed by atoms with Gasteiger partial charge in [-0.1, -0.05) is 54.1 Å². The van der Waals surface area contributed by atoms with Gasteiger partial charge in [0.05, 0.1) is 7.11 Å². The van der Waals surface area contributed by atoms with Crippen molar-refractivity contribution in [3.8, 4) is 6.01 Å². The molecule has 1 atom stereocenters. The number of methoxy groups -OCH3 is 1. The van der Waals surface area contributed by atoms with E-state index < -0.39 is 17.4 Å². The molecule has 0 fully saturated rings. The number of aromatic nitrogens is 2. The van der Waals surface area contributed by atoms with Crippen LogP contribution < -0.4 is 21.1 Å². The van der Waals surface area contributed by atoms with Crippen LogP contribution in [0.3, 0.4) is 0 Å². The summed E-state index contributed by atoms with van der Waals surface area (Å²) in [7, 11) is 1.41. The number of hydrogen-bond acceptors (Lipinski definition) is 7. The van der Waals surface area contributed by atoms with E-state index in [-0.39, 0.29) is 29.9 Å². The van der Waals surface area contributed by atoms with Gasteiger partial charge in [-0.2, -0.15) is 4.98 Å². The van der Waals surface area contributed by atoms with Crippen molar-refractivity contribution >= 4 is 34.9 Å². The van der Waals surface area contributed by atoms with E-state index in [1.165, 1.54) is 27.2 Å². The Morgan fingerprint density at radius 2 is 1.80 bits per heavy atom. The van der Waals surface area contributed by atoms with Crippen LogP contribution >= 0.6 is 11.6 Å². The van der Waals surface area contributed by atoms with Crippen molar-refractivity contribution < 1.29 is 14.3 Å². The molecule has 2 aromatic carbocycles. The minimum atomic E-state index is -1.28. The van der Waals surface area contributed by atoms with Gasteiger partial charge < -0.3 is 26.5 Å². The number of nitrogens with two attached hydrogens (primary N) is 1. The van der Waals surface area contributed by atoms with E-state index in [9.17, 15) is 9.59 Å². The van der Waals surface area contributed by atoms with Crippen molar-refractivity contribution in [2.24, 2.45) is 5.73 Å². The molecule has 182 valence electrons. The topological polar surface area (TPSA) is 143 Å². The van der Waals surface area contributed by atoms with Crippen LogP contribution in [0.5, 0.6) is 6.01 Å². The van der Waals surface area contributed by atoms with Crippen LogP contribution in [0.15, 0.2) is 60.8 Å². The lowest BCUT2D eigenvalue weighted by molar-refractivity contribution is -0.122. The van der Waals surface area contributed by atoms with Crippen molar-refractivity contribution in [2.75, 3.05) is 19.0 Å². The van der Waals surface area contributed by atoms with E-state index >= 15 is 0 Å². The Hall–Kier alpha value is -3.98. The van der Waals surface area contributed by atoms with Crippen LogP contribution in [0.4, 0.5) is 5.82 Å². The second-order valence-electron chi connectivity index (χ2n) is 8.33. The Bertz CT molecular complexity index is 1220. The predicted octanol–water partition coefficient (Wildman–Crippen LogP) is 3.40. The predicted molar refractivity (Wildman–Crippen MR) is 135 cm³/mol. The maximum absolute atomic E-state index is 13.0. The number of amides is 2. The summed E-state index contributed by atoms with van der Waals surface area (Å²) in [5.74, 6) is -1.45. The van der Waals surface area contributed by atoms with E-state index in [1.54, 1.807) is 24.3 Å². The number of ether oxygens (including phenoxy) is 1. The molecule has 5 N–H and O–H groups in total. The molecule has 3 aromatic rings. The van der Waals surface area contributed by atoms with Crippen molar-refractivity contribution in [1.82, 2.24) is 15.3 Å². The summed E-state index contributed by atoms with van der Waals surface area (Å²) in [6.45, 7) is 3.25. The zero-order valence-electron chi connectivity index (χ0n) is 19.6. The summed E-state index contributed by atoms with van der Waals surface area (Å²) in [5.41, 5.74) is 6.19. The molecule has 0 radical (unpaired) electrons. The maximum Gasteiger partial charge on any atom is 0.318 e. The van der Waals surface area contributed by atoms with Crippen molar-refractivity contribution in [1.29, 1.82) is 5.41 Å². The zero-order valence-corrected chi connectivity index (χ0v) is 20.4. The Morgan fingerprint density at radius 3 is 2.40 bits per heavy atom. The Kier molecular flexibility index (Phi) is 8.03. The molecule has 10 heteroatoms. The largest absolute Gasteiger partial charge is 0.467 e. The van der Waals surface area contributed by atoms with Gasteiger partial charge in [-0.3, -0.25) is 9.59 Å². The first-order valence-electron chi connectivity index (χ1n) is 10.8. The standard InChI is InChI=1S/C25H27ClN6O3/c1-25(2,23(28)34)32-22(33)19-14-30-24(35-3)31-21(19)29-13-18(15-7-5-4-6-8-15)20(27)16-9-11-17(26)12-10-16/h4-12,14,18,27H,13H2,1-3H3,(H2,28,34)(H,32,33)(H,29,30,31). The lowest BCUT2D eigenvalue weighted by Gasteiger charge is -2.24. The lowest BCUT2D eigenvalue weighted by atomic mass is 9.90. The van der Waals surface area contributed by atoms with Crippen LogP contribution in [-0.4, -0.2) is 46.7 Å². The maximum atomic E-state index is 13.0. The number of anilines is 1. The zero-order chi connectivity index (χ0) is 25.6. The molecule has 0 saturated carbocycles. The van der Waals surface area contributed by atoms with Gasteiger partial charge in [0, 0.05) is 29.4 Å². The summed E-state index contributed by atoms with van der Waals surface area (Å²) in [6, 6.07) is 16.7. The number of primary amides is 1. The van der Waals surface area contributed by atoms with Gasteiger partial charge in [0.2, 0.25) is 5.91 Å². The Balaban J connectivity index is 1.92. The first-order chi connectivity index (χ1) is 16.6. The molecule has 1 unspecified atom stereocenters. The fraction of sp³-hybridized carbons (Fsp3) is 0.240. The van der Waals surface area contributed by atoms with Gasteiger partial charge >= 0.3 is 6.01 Å². The molecule has 0 saturated heterocycles. The van der Waals surface area contributed by atoms with Crippen LogP contribution in [-0.2, 0) is 4.79 Å². The van der Waals surface area contributed by atoms with E-state index in [4.69, 9.17) is 27.5 Å². The smallest absolute Gasteiger partial charge is 0.318 e. The summed E-state index contributed by atoms with van der Waals surface area (Å²) in [4.78, 5) is 32.9. The number of halogens is 1. The molecule has 9 nitrogen and oxygen atoms in total. The van der Waals surface area contributed by atoms with Crippen LogP contribution in [0.25, 0.3) is 0 Å². The van der Waals surface area contributed by atoms with E-state index in [0.717, 1.165) is 5.56 Å². The highest BCUT2D eigenvalue weighted by atomic mass is 35.5. The van der Waals surface area contributed by atoms with E-state index in [2.05, 4.69) is 20.6 Å². The third-order valence-corrected chi connectivity index (χ3v) is 5.67. The molecule has 2 amide bonds. The summed E-state index contributed by atoms with van der Waals surface area (Å²) in [6.07, 6.45) is 1.31. The summed E-state index contributed by atoms with van der Waals surface area (Å²) >= 11 is 6.02. The van der Waals surface area contributed by atoms with Crippen molar-refractivity contribution in [2.45, 2.75) is 25.3 Å². The average molecular weight is 495 g/mol. The summed E-state index contributed by atoms with van der Waals surface area (Å²) in [5, 5.41) is 15.2. The molecule has 0 aliphatic rings. The monoisotopic (exact) mass is 494 g/mol. The van der Waals surface area contributed by atoms with Crippen molar-refractivity contribution in [3.05, 3.63) is 82.5 Å². The number of carbonyl (C=O) groups excluding carboxylic acids is 2. The molecule has 1 heterocycles. The van der Waals surface area contributed by atoms with Crippen LogP contribution in [0.1, 0.15) is 41.3 Å². The minimum Gasteiger partial charge on any atom is -0.467 e. The van der Waals surface area contributed by atoms with Gasteiger partial charge in [-0.05, 0) is 37.1 Å². The van der Waals surface area contributed by atoms with Gasteiger partial charge in [0.1, 0.15) is 16.9 Å². The highest BCUT2D eigenvalue weighted by molar-refractivity contribution is 6.30. The number of carbonyl (C=O) groups is 2. The first kappa shape index (κ1) is 25.6. The van der Waals surface area contributed by atoms with Gasteiger partial charge in [-0.15, -0.1) is 0 Å². The quantitative estimate of drug-likeness (QED) is 0.318. The molecule has 0 aliphatic carbocycles. The molecule has 3 rings (SSSR count). The number of nitrogens with zero attached hydrogens (tertiary/aromatic N) is 2. The first-order valence-corrected chi connectivity index (χ1v) is 11.2.